The Morgan fingerprint density at radius 2 is 1.64 bits per heavy atom. The second-order valence-electron chi connectivity index (χ2n) is 8.05. The normalized spacial score (nSPS) is 14.9. The van der Waals surface area contributed by atoms with Crippen LogP contribution in [0.15, 0.2) is 65.7 Å². The number of hydrogen-bond donors (Lipinski definition) is 1. The summed E-state index contributed by atoms with van der Waals surface area (Å²) >= 11 is 0. The molecule has 0 unspecified atom stereocenters. The van der Waals surface area contributed by atoms with E-state index in [-0.39, 0.29) is 16.7 Å². The molecule has 33 heavy (non-hydrogen) atoms. The van der Waals surface area contributed by atoms with Crippen LogP contribution < -0.4 is 10.2 Å². The zero-order valence-corrected chi connectivity index (χ0v) is 19.4. The van der Waals surface area contributed by atoms with Gasteiger partial charge in [0.15, 0.2) is 5.82 Å². The van der Waals surface area contributed by atoms with Gasteiger partial charge in [-0.2, -0.15) is 4.31 Å². The minimum Gasteiger partial charge on any atom is -0.352 e. The molecule has 1 N–H and O–H groups in total. The second kappa shape index (κ2) is 9.63. The van der Waals surface area contributed by atoms with Gasteiger partial charge in [0.05, 0.1) is 10.6 Å². The van der Waals surface area contributed by atoms with Crippen LogP contribution in [0.1, 0.15) is 13.8 Å². The zero-order valence-electron chi connectivity index (χ0n) is 18.5. The maximum atomic E-state index is 13.1. The highest BCUT2D eigenvalue weighted by atomic mass is 32.2. The topological polar surface area (TPSA) is 108 Å². The quantitative estimate of drug-likeness (QED) is 0.595. The van der Waals surface area contributed by atoms with E-state index < -0.39 is 10.0 Å². The number of nitrogens with zero attached hydrogens (tertiary/aromatic N) is 5. The smallest absolute Gasteiger partial charge is 0.243 e. The molecule has 3 aromatic rings. The molecule has 10 heteroatoms. The number of benzene rings is 1. The lowest BCUT2D eigenvalue weighted by molar-refractivity contribution is -0.118. The first-order chi connectivity index (χ1) is 15.8. The third-order valence-electron chi connectivity index (χ3n) is 5.42. The third kappa shape index (κ3) is 5.18. The van der Waals surface area contributed by atoms with E-state index in [1.165, 1.54) is 16.4 Å². The first kappa shape index (κ1) is 22.8. The summed E-state index contributed by atoms with van der Waals surface area (Å²) in [5, 5.41) is 11.3. The Morgan fingerprint density at radius 3 is 2.21 bits per heavy atom. The molecule has 0 spiro atoms. The summed E-state index contributed by atoms with van der Waals surface area (Å²) in [6, 6.07) is 15.6. The van der Waals surface area contributed by atoms with Gasteiger partial charge in [0, 0.05) is 44.0 Å². The van der Waals surface area contributed by atoms with Crippen molar-refractivity contribution in [1.82, 2.24) is 19.5 Å². The van der Waals surface area contributed by atoms with Crippen LogP contribution in [0.4, 0.5) is 11.5 Å². The lowest BCUT2D eigenvalue weighted by atomic mass is 10.2. The van der Waals surface area contributed by atoms with Crippen molar-refractivity contribution in [3.63, 3.8) is 0 Å². The Hall–Kier alpha value is -3.37. The second-order valence-corrected chi connectivity index (χ2v) is 9.99. The molecule has 172 valence electrons. The fourth-order valence-corrected chi connectivity index (χ4v) is 4.87. The number of hydrogen-bond acceptors (Lipinski definition) is 7. The van der Waals surface area contributed by atoms with Gasteiger partial charge >= 0.3 is 0 Å². The molecule has 4 rings (SSSR count). The fraction of sp³-hybridized carbons (Fsp3) is 0.304. The number of piperazine rings is 1. The van der Waals surface area contributed by atoms with Crippen molar-refractivity contribution < 1.29 is 13.2 Å². The van der Waals surface area contributed by atoms with Crippen molar-refractivity contribution in [2.45, 2.75) is 18.7 Å². The largest absolute Gasteiger partial charge is 0.352 e. The third-order valence-corrected chi connectivity index (χ3v) is 7.34. The first-order valence-electron chi connectivity index (χ1n) is 10.8. The van der Waals surface area contributed by atoms with E-state index in [2.05, 4.69) is 20.5 Å². The maximum absolute atomic E-state index is 13.1. The van der Waals surface area contributed by atoms with Gasteiger partial charge in [0.1, 0.15) is 5.69 Å². The number of nitrogens with one attached hydrogen (secondary N) is 1. The molecule has 0 atom stereocenters. The van der Waals surface area contributed by atoms with E-state index in [9.17, 15) is 13.2 Å². The van der Waals surface area contributed by atoms with Crippen LogP contribution in [-0.4, -0.2) is 60.0 Å². The zero-order chi connectivity index (χ0) is 23.4. The molecule has 9 nitrogen and oxygen atoms in total. The van der Waals surface area contributed by atoms with E-state index in [0.29, 0.717) is 43.4 Å². The molecule has 2 aromatic heterocycles. The Bertz CT molecular complexity index is 1190. The number of pyridine rings is 1. The highest BCUT2D eigenvalue weighted by molar-refractivity contribution is 7.89. The summed E-state index contributed by atoms with van der Waals surface area (Å²) in [7, 11) is -3.62. The van der Waals surface area contributed by atoms with E-state index in [4.69, 9.17) is 0 Å². The minimum absolute atomic E-state index is 0.113. The summed E-state index contributed by atoms with van der Waals surface area (Å²) < 4.78 is 27.6. The first-order valence-corrected chi connectivity index (χ1v) is 12.2. The Labute approximate surface area is 193 Å². The Morgan fingerprint density at radius 1 is 0.909 bits per heavy atom. The lowest BCUT2D eigenvalue weighted by Gasteiger charge is -2.34. The molecule has 1 fully saturated rings. The molecule has 1 amide bonds. The summed E-state index contributed by atoms with van der Waals surface area (Å²) in [6.07, 6.45) is 1.71. The molecule has 1 aliphatic rings. The van der Waals surface area contributed by atoms with Gasteiger partial charge < -0.3 is 10.2 Å². The Balaban J connectivity index is 1.38. The number of carbonyl (C=O) groups is 1. The predicted octanol–water partition coefficient (Wildman–Crippen LogP) is 2.64. The highest BCUT2D eigenvalue weighted by Gasteiger charge is 2.29. The standard InChI is InChI=1S/C23H26N6O3S/c1-17(2)23(30)25-18-6-8-19(9-7-18)33(31,32)29-15-13-28(14-16-29)22-11-10-21(26-27-22)20-5-3-4-12-24-20/h3-12,17H,13-16H2,1-2H3,(H,25,30). The van der Waals surface area contributed by atoms with Crippen molar-refractivity contribution >= 4 is 27.4 Å². The van der Waals surface area contributed by atoms with Gasteiger partial charge in [-0.1, -0.05) is 19.9 Å². The average Bonchev–Trinajstić information content (AvgIpc) is 2.85. The molecule has 0 bridgehead atoms. The molecular formula is C23H26N6O3S. The van der Waals surface area contributed by atoms with E-state index >= 15 is 0 Å². The van der Waals surface area contributed by atoms with Crippen LogP contribution in [0.5, 0.6) is 0 Å². The number of carbonyl (C=O) groups excluding carboxylic acids is 1. The van der Waals surface area contributed by atoms with Gasteiger partial charge in [0.2, 0.25) is 15.9 Å². The minimum atomic E-state index is -3.62. The number of amides is 1. The molecule has 3 heterocycles. The van der Waals surface area contributed by atoms with Crippen molar-refractivity contribution in [3.8, 4) is 11.4 Å². The number of anilines is 2. The summed E-state index contributed by atoms with van der Waals surface area (Å²) in [5.41, 5.74) is 2.01. The van der Waals surface area contributed by atoms with Crippen LogP contribution in [0, 0.1) is 5.92 Å². The maximum Gasteiger partial charge on any atom is 0.243 e. The van der Waals surface area contributed by atoms with Gasteiger partial charge in [-0.25, -0.2) is 8.42 Å². The van der Waals surface area contributed by atoms with Crippen molar-refractivity contribution in [2.75, 3.05) is 36.4 Å². The molecule has 1 saturated heterocycles. The van der Waals surface area contributed by atoms with Crippen molar-refractivity contribution in [1.29, 1.82) is 0 Å². The van der Waals surface area contributed by atoms with Crippen LogP contribution in [0.3, 0.4) is 0 Å². The molecule has 0 aliphatic carbocycles. The Kier molecular flexibility index (Phi) is 6.66. The van der Waals surface area contributed by atoms with Gasteiger partial charge in [-0.15, -0.1) is 10.2 Å². The molecule has 1 aromatic carbocycles. The molecule has 1 aliphatic heterocycles. The predicted molar refractivity (Wildman–Crippen MR) is 126 cm³/mol. The summed E-state index contributed by atoms with van der Waals surface area (Å²) in [5.74, 6) is 0.440. The number of sulfonamides is 1. The van der Waals surface area contributed by atoms with Crippen molar-refractivity contribution in [3.05, 3.63) is 60.8 Å². The number of aromatic nitrogens is 3. The van der Waals surface area contributed by atoms with Gasteiger partial charge in [-0.3, -0.25) is 9.78 Å². The van der Waals surface area contributed by atoms with Gasteiger partial charge in [0.25, 0.3) is 0 Å². The van der Waals surface area contributed by atoms with E-state index in [1.54, 1.807) is 32.2 Å². The van der Waals surface area contributed by atoms with E-state index in [1.807, 2.05) is 35.2 Å². The van der Waals surface area contributed by atoms with Crippen LogP contribution in [0.2, 0.25) is 0 Å². The van der Waals surface area contributed by atoms with E-state index in [0.717, 1.165) is 5.69 Å². The monoisotopic (exact) mass is 466 g/mol. The van der Waals surface area contributed by atoms with Crippen LogP contribution >= 0.6 is 0 Å². The molecule has 0 radical (unpaired) electrons. The number of rotatable bonds is 6. The van der Waals surface area contributed by atoms with Crippen LogP contribution in [0.25, 0.3) is 11.4 Å². The van der Waals surface area contributed by atoms with Crippen molar-refractivity contribution in [2.24, 2.45) is 5.92 Å². The highest BCUT2D eigenvalue weighted by Crippen LogP contribution is 2.22. The average molecular weight is 467 g/mol. The fourth-order valence-electron chi connectivity index (χ4n) is 3.45. The van der Waals surface area contributed by atoms with Gasteiger partial charge in [-0.05, 0) is 48.5 Å². The molecule has 0 saturated carbocycles. The van der Waals surface area contributed by atoms with Crippen LogP contribution in [-0.2, 0) is 14.8 Å². The summed E-state index contributed by atoms with van der Waals surface area (Å²) in [4.78, 5) is 18.3. The lowest BCUT2D eigenvalue weighted by Crippen LogP contribution is -2.49. The summed E-state index contributed by atoms with van der Waals surface area (Å²) in [6.45, 7) is 5.32. The SMILES string of the molecule is CC(C)C(=O)Nc1ccc(S(=O)(=O)N2CCN(c3ccc(-c4ccccn4)nn3)CC2)cc1. The molecular weight excluding hydrogens is 440 g/mol.